The highest BCUT2D eigenvalue weighted by molar-refractivity contribution is 7.58. The maximum atomic E-state index is 11.8. The van der Waals surface area contributed by atoms with Crippen molar-refractivity contribution < 1.29 is 23.9 Å². The fourth-order valence-electron chi connectivity index (χ4n) is 1.68. The van der Waals surface area contributed by atoms with Crippen molar-refractivity contribution in [2.24, 2.45) is 0 Å². The van der Waals surface area contributed by atoms with E-state index in [0.29, 0.717) is 6.42 Å². The van der Waals surface area contributed by atoms with E-state index >= 15 is 0 Å². The zero-order valence-corrected chi connectivity index (χ0v) is 12.3. The van der Waals surface area contributed by atoms with Gasteiger partial charge < -0.3 is 14.4 Å². The van der Waals surface area contributed by atoms with Gasteiger partial charge in [0.25, 0.3) is 0 Å². The number of nitro benzene ring substituents is 1. The molecule has 112 valence electrons. The van der Waals surface area contributed by atoms with Crippen molar-refractivity contribution in [3.8, 4) is 5.75 Å². The first kappa shape index (κ1) is 16.6. The van der Waals surface area contributed by atoms with Crippen molar-refractivity contribution in [1.82, 2.24) is 0 Å². The van der Waals surface area contributed by atoms with Crippen molar-refractivity contribution in [1.29, 1.82) is 0 Å². The minimum absolute atomic E-state index is 0.105. The molecule has 1 aromatic rings. The van der Waals surface area contributed by atoms with Crippen LogP contribution in [0.2, 0.25) is 0 Å². The lowest BCUT2D eigenvalue weighted by atomic mass is 10.1. The highest BCUT2D eigenvalue weighted by Gasteiger charge is 2.19. The van der Waals surface area contributed by atoms with Gasteiger partial charge in [-0.2, -0.15) is 0 Å². The van der Waals surface area contributed by atoms with Gasteiger partial charge in [0.2, 0.25) is 7.37 Å². The Labute approximate surface area is 117 Å². The third-order valence-corrected chi connectivity index (χ3v) is 4.64. The molecule has 1 aromatic carbocycles. The van der Waals surface area contributed by atoms with Gasteiger partial charge in [0.15, 0.2) is 5.75 Å². The van der Waals surface area contributed by atoms with E-state index in [1.807, 2.05) is 0 Å². The molecule has 0 aliphatic heterocycles. The molecule has 0 aliphatic carbocycles. The Balaban J connectivity index is 2.74. The minimum atomic E-state index is -3.23. The largest absolute Gasteiger partial charge is 0.490 e. The first-order valence-electron chi connectivity index (χ1n) is 6.00. The minimum Gasteiger partial charge on any atom is -0.490 e. The van der Waals surface area contributed by atoms with Crippen LogP contribution in [0.25, 0.3) is 0 Å². The molecule has 1 atom stereocenters. The van der Waals surface area contributed by atoms with Gasteiger partial charge in [0, 0.05) is 25.5 Å². The molecule has 0 aromatic heterocycles. The van der Waals surface area contributed by atoms with E-state index < -0.39 is 12.3 Å². The number of hydrogen-bond acceptors (Lipinski definition) is 5. The summed E-state index contributed by atoms with van der Waals surface area (Å²) in [6, 6.07) is 4.43. The van der Waals surface area contributed by atoms with Gasteiger partial charge >= 0.3 is 5.69 Å². The van der Waals surface area contributed by atoms with Crippen molar-refractivity contribution in [2.75, 3.05) is 33.2 Å². The Morgan fingerprint density at radius 3 is 2.60 bits per heavy atom. The number of aryl methyl sites for hydroxylation is 1. The van der Waals surface area contributed by atoms with Crippen molar-refractivity contribution in [2.45, 2.75) is 6.42 Å². The molecule has 1 rings (SSSR count). The maximum Gasteiger partial charge on any atom is 0.310 e. The molecule has 20 heavy (non-hydrogen) atoms. The quantitative estimate of drug-likeness (QED) is 0.448. The fourth-order valence-corrected chi connectivity index (χ4v) is 2.98. The molecule has 0 spiro atoms. The van der Waals surface area contributed by atoms with E-state index in [1.54, 1.807) is 6.07 Å². The van der Waals surface area contributed by atoms with Crippen molar-refractivity contribution >= 4 is 13.1 Å². The lowest BCUT2D eigenvalue weighted by Crippen LogP contribution is -2.03. The highest BCUT2D eigenvalue weighted by Crippen LogP contribution is 2.40. The number of nitro groups is 1. The molecule has 0 radical (unpaired) electrons. The maximum absolute atomic E-state index is 11.8. The average Bonchev–Trinajstić information content (AvgIpc) is 2.42. The van der Waals surface area contributed by atoms with Gasteiger partial charge in [0.1, 0.15) is 0 Å². The normalized spacial score (nSPS) is 13.8. The third-order valence-electron chi connectivity index (χ3n) is 2.84. The lowest BCUT2D eigenvalue weighted by Gasteiger charge is -2.11. The number of hydrogen-bond donors (Lipinski definition) is 1. The number of rotatable bonds is 8. The topological polar surface area (TPSA) is 98.9 Å². The number of benzene rings is 1. The molecule has 8 heteroatoms. The molecular weight excluding hydrogens is 285 g/mol. The Kier molecular flexibility index (Phi) is 6.13. The summed E-state index contributed by atoms with van der Waals surface area (Å²) in [5.41, 5.74) is 0.599. The molecular formula is C12H18NO6P. The van der Waals surface area contributed by atoms with E-state index in [1.165, 1.54) is 26.4 Å². The van der Waals surface area contributed by atoms with Crippen LogP contribution in [0.4, 0.5) is 5.69 Å². The second kappa shape index (κ2) is 7.38. The van der Waals surface area contributed by atoms with E-state index in [9.17, 15) is 19.6 Å². The smallest absolute Gasteiger partial charge is 0.310 e. The number of nitrogens with zero attached hydrogens (tertiary/aromatic N) is 1. The fraction of sp³-hybridized carbons (Fsp3) is 0.500. The summed E-state index contributed by atoms with van der Waals surface area (Å²) in [4.78, 5) is 19.9. The Bertz CT molecular complexity index is 519. The van der Waals surface area contributed by atoms with Crippen LogP contribution in [0.15, 0.2) is 18.2 Å². The van der Waals surface area contributed by atoms with E-state index in [4.69, 9.17) is 9.47 Å². The molecule has 0 fully saturated rings. The first-order chi connectivity index (χ1) is 9.39. The summed E-state index contributed by atoms with van der Waals surface area (Å²) in [7, 11) is -0.406. The predicted octanol–water partition coefficient (Wildman–Crippen LogP) is 2.06. The van der Waals surface area contributed by atoms with E-state index in [0.717, 1.165) is 5.56 Å². The molecule has 0 saturated carbocycles. The second-order valence-corrected chi connectivity index (χ2v) is 6.89. The summed E-state index contributed by atoms with van der Waals surface area (Å²) < 4.78 is 21.5. The zero-order valence-electron chi connectivity index (χ0n) is 11.4. The average molecular weight is 303 g/mol. The summed E-state index contributed by atoms with van der Waals surface area (Å²) in [5, 5.41) is 10.8. The molecule has 0 aliphatic rings. The molecule has 0 bridgehead atoms. The van der Waals surface area contributed by atoms with E-state index in [-0.39, 0.29) is 30.4 Å². The van der Waals surface area contributed by atoms with Crippen LogP contribution in [0.5, 0.6) is 5.75 Å². The van der Waals surface area contributed by atoms with E-state index in [2.05, 4.69) is 0 Å². The SMILES string of the molecule is COCCP(=O)(O)CCc1ccc([N+](=O)[O-])c(OC)c1. The van der Waals surface area contributed by atoms with Crippen LogP contribution < -0.4 is 4.74 Å². The Morgan fingerprint density at radius 2 is 2.05 bits per heavy atom. The summed E-state index contributed by atoms with van der Waals surface area (Å²) in [6.45, 7) is 0.233. The monoisotopic (exact) mass is 303 g/mol. The van der Waals surface area contributed by atoms with Gasteiger partial charge in [-0.15, -0.1) is 0 Å². The van der Waals surface area contributed by atoms with Crippen LogP contribution in [0.1, 0.15) is 5.56 Å². The molecule has 1 N–H and O–H groups in total. The molecule has 7 nitrogen and oxygen atoms in total. The molecule has 0 amide bonds. The molecule has 1 unspecified atom stereocenters. The summed E-state index contributed by atoms with van der Waals surface area (Å²) in [5.74, 6) is 0.150. The van der Waals surface area contributed by atoms with Crippen LogP contribution in [0, 0.1) is 10.1 Å². The first-order valence-corrected chi connectivity index (χ1v) is 8.03. The standard InChI is InChI=1S/C12H18NO6P/c1-18-6-8-20(16,17)7-5-10-3-4-11(13(14)15)12(9-10)19-2/h3-4,9H,5-8H2,1-2H3,(H,16,17). The Hall–Kier alpha value is -1.43. The third kappa shape index (κ3) is 4.92. The van der Waals surface area contributed by atoms with Crippen LogP contribution in [-0.2, 0) is 15.7 Å². The van der Waals surface area contributed by atoms with Crippen molar-refractivity contribution in [3.63, 3.8) is 0 Å². The highest BCUT2D eigenvalue weighted by atomic mass is 31.2. The summed E-state index contributed by atoms with van der Waals surface area (Å²) >= 11 is 0. The predicted molar refractivity (Wildman–Crippen MR) is 74.8 cm³/mol. The number of methoxy groups -OCH3 is 2. The van der Waals surface area contributed by atoms with Crippen LogP contribution >= 0.6 is 7.37 Å². The second-order valence-electron chi connectivity index (χ2n) is 4.30. The number of ether oxygens (including phenoxy) is 2. The van der Waals surface area contributed by atoms with Crippen LogP contribution in [-0.4, -0.2) is 43.0 Å². The van der Waals surface area contributed by atoms with Gasteiger partial charge in [-0.3, -0.25) is 14.7 Å². The zero-order chi connectivity index (χ0) is 15.2. The Morgan fingerprint density at radius 1 is 1.35 bits per heavy atom. The van der Waals surface area contributed by atoms with Gasteiger partial charge in [0.05, 0.1) is 18.6 Å². The van der Waals surface area contributed by atoms with Gasteiger partial charge in [-0.25, -0.2) is 0 Å². The van der Waals surface area contributed by atoms with Crippen molar-refractivity contribution in [3.05, 3.63) is 33.9 Å². The molecule has 0 heterocycles. The lowest BCUT2D eigenvalue weighted by molar-refractivity contribution is -0.385. The van der Waals surface area contributed by atoms with Gasteiger partial charge in [-0.05, 0) is 18.1 Å². The molecule has 0 saturated heterocycles. The van der Waals surface area contributed by atoms with Gasteiger partial charge in [-0.1, -0.05) is 6.07 Å². The van der Waals surface area contributed by atoms with Crippen LogP contribution in [0.3, 0.4) is 0 Å². The summed E-state index contributed by atoms with van der Waals surface area (Å²) in [6.07, 6.45) is 0.566.